The van der Waals surface area contributed by atoms with Crippen LogP contribution in [0.2, 0.25) is 0 Å². The highest BCUT2D eigenvalue weighted by atomic mass is 16.4. The van der Waals surface area contributed by atoms with E-state index in [0.29, 0.717) is 18.5 Å². The number of carboxylic acids is 1. The molecule has 5 heteroatoms. The molecule has 1 unspecified atom stereocenters. The molecule has 5 nitrogen and oxygen atoms in total. The van der Waals surface area contributed by atoms with Gasteiger partial charge in [-0.15, -0.1) is 0 Å². The zero-order valence-electron chi connectivity index (χ0n) is 16.4. The van der Waals surface area contributed by atoms with E-state index in [9.17, 15) is 14.7 Å². The van der Waals surface area contributed by atoms with Crippen molar-refractivity contribution < 1.29 is 14.7 Å². The number of carbonyl (C=O) groups is 2. The van der Waals surface area contributed by atoms with Gasteiger partial charge in [-0.3, -0.25) is 9.69 Å². The third kappa shape index (κ3) is 5.20. The summed E-state index contributed by atoms with van der Waals surface area (Å²) in [4.78, 5) is 25.7. The van der Waals surface area contributed by atoms with E-state index in [1.165, 1.54) is 0 Å². The molecule has 1 heterocycles. The molecule has 0 aliphatic carbocycles. The van der Waals surface area contributed by atoms with Crippen molar-refractivity contribution in [3.05, 3.63) is 59.7 Å². The summed E-state index contributed by atoms with van der Waals surface area (Å²) < 4.78 is 0. The first-order valence-corrected chi connectivity index (χ1v) is 10.00. The van der Waals surface area contributed by atoms with Gasteiger partial charge < -0.3 is 10.4 Å². The molecule has 0 bridgehead atoms. The van der Waals surface area contributed by atoms with Crippen LogP contribution in [0.5, 0.6) is 0 Å². The summed E-state index contributed by atoms with van der Waals surface area (Å²) in [6.07, 6.45) is 3.43. The first-order valence-electron chi connectivity index (χ1n) is 10.00. The van der Waals surface area contributed by atoms with Crippen LogP contribution in [0.15, 0.2) is 48.5 Å². The Morgan fingerprint density at radius 2 is 1.96 bits per heavy atom. The van der Waals surface area contributed by atoms with Gasteiger partial charge >= 0.3 is 5.97 Å². The van der Waals surface area contributed by atoms with E-state index in [1.54, 1.807) is 12.1 Å². The Balaban J connectivity index is 1.79. The van der Waals surface area contributed by atoms with E-state index in [2.05, 4.69) is 10.2 Å². The molecule has 1 amide bonds. The van der Waals surface area contributed by atoms with Crippen LogP contribution in [-0.4, -0.2) is 41.0 Å². The number of hydrogen-bond acceptors (Lipinski definition) is 3. The van der Waals surface area contributed by atoms with Gasteiger partial charge in [0.05, 0.1) is 5.56 Å². The minimum atomic E-state index is -0.913. The fourth-order valence-electron chi connectivity index (χ4n) is 3.84. The molecule has 1 aliphatic rings. The van der Waals surface area contributed by atoms with Gasteiger partial charge in [0.25, 0.3) is 0 Å². The van der Waals surface area contributed by atoms with Crippen LogP contribution in [0.25, 0.3) is 11.1 Å². The molecular weight excluding hydrogens is 352 g/mol. The van der Waals surface area contributed by atoms with Crippen molar-refractivity contribution in [1.29, 1.82) is 0 Å². The number of nitrogens with one attached hydrogen (secondary N) is 1. The molecule has 28 heavy (non-hydrogen) atoms. The standard InChI is InChI=1S/C23H28N2O3/c1-2-7-22(26)24-20-10-6-13-25(16-20)15-19-14-18(23(27)28)11-12-21(19)17-8-4-3-5-9-17/h3-5,8-9,11-12,14,20H,2,6-7,10,13,15-16H2,1H3,(H,24,26)(H,27,28). The summed E-state index contributed by atoms with van der Waals surface area (Å²) >= 11 is 0. The topological polar surface area (TPSA) is 69.6 Å². The van der Waals surface area contributed by atoms with Crippen LogP contribution in [0.1, 0.15) is 48.5 Å². The van der Waals surface area contributed by atoms with Crippen molar-refractivity contribution in [3.8, 4) is 11.1 Å². The predicted molar refractivity (Wildman–Crippen MR) is 110 cm³/mol. The van der Waals surface area contributed by atoms with Crippen molar-refractivity contribution in [2.75, 3.05) is 13.1 Å². The van der Waals surface area contributed by atoms with E-state index in [0.717, 1.165) is 49.0 Å². The number of nitrogens with zero attached hydrogens (tertiary/aromatic N) is 1. The van der Waals surface area contributed by atoms with Gasteiger partial charge in [-0.05, 0) is 54.6 Å². The van der Waals surface area contributed by atoms with Gasteiger partial charge in [0, 0.05) is 25.6 Å². The molecule has 1 aliphatic heterocycles. The number of aromatic carboxylic acids is 1. The number of carboxylic acid groups (broad SMARTS) is 1. The highest BCUT2D eigenvalue weighted by molar-refractivity contribution is 5.89. The lowest BCUT2D eigenvalue weighted by Gasteiger charge is -2.33. The van der Waals surface area contributed by atoms with Crippen molar-refractivity contribution in [3.63, 3.8) is 0 Å². The lowest BCUT2D eigenvalue weighted by molar-refractivity contribution is -0.122. The maximum atomic E-state index is 11.9. The Labute approximate surface area is 166 Å². The average molecular weight is 380 g/mol. The molecule has 0 spiro atoms. The monoisotopic (exact) mass is 380 g/mol. The zero-order valence-corrected chi connectivity index (χ0v) is 16.4. The van der Waals surface area contributed by atoms with Gasteiger partial charge in [0.1, 0.15) is 0 Å². The largest absolute Gasteiger partial charge is 0.478 e. The van der Waals surface area contributed by atoms with E-state index < -0.39 is 5.97 Å². The summed E-state index contributed by atoms with van der Waals surface area (Å²) in [5.74, 6) is -0.795. The van der Waals surface area contributed by atoms with Crippen molar-refractivity contribution in [2.24, 2.45) is 0 Å². The number of carbonyl (C=O) groups excluding carboxylic acids is 1. The van der Waals surface area contributed by atoms with Crippen molar-refractivity contribution in [1.82, 2.24) is 10.2 Å². The smallest absolute Gasteiger partial charge is 0.335 e. The molecule has 0 saturated carbocycles. The maximum absolute atomic E-state index is 11.9. The maximum Gasteiger partial charge on any atom is 0.335 e. The van der Waals surface area contributed by atoms with E-state index in [1.807, 2.05) is 43.3 Å². The van der Waals surface area contributed by atoms with Crippen LogP contribution in [0.4, 0.5) is 0 Å². The van der Waals surface area contributed by atoms with Gasteiger partial charge in [-0.2, -0.15) is 0 Å². The fourth-order valence-corrected chi connectivity index (χ4v) is 3.84. The van der Waals surface area contributed by atoms with Crippen molar-refractivity contribution in [2.45, 2.75) is 45.2 Å². The highest BCUT2D eigenvalue weighted by Crippen LogP contribution is 2.27. The minimum Gasteiger partial charge on any atom is -0.478 e. The second kappa shape index (κ2) is 9.51. The Hall–Kier alpha value is -2.66. The van der Waals surface area contributed by atoms with Crippen LogP contribution in [0, 0.1) is 0 Å². The van der Waals surface area contributed by atoms with Gasteiger partial charge in [0.2, 0.25) is 5.91 Å². The molecule has 1 atom stereocenters. The Morgan fingerprint density at radius 3 is 2.68 bits per heavy atom. The summed E-state index contributed by atoms with van der Waals surface area (Å²) in [5.41, 5.74) is 3.45. The number of amides is 1. The number of hydrogen-bond donors (Lipinski definition) is 2. The third-order valence-corrected chi connectivity index (χ3v) is 5.18. The Morgan fingerprint density at radius 1 is 1.18 bits per heavy atom. The molecule has 0 aromatic heterocycles. The molecule has 0 radical (unpaired) electrons. The number of likely N-dealkylation sites (tertiary alicyclic amines) is 1. The molecule has 2 N–H and O–H groups in total. The molecule has 1 fully saturated rings. The molecule has 3 rings (SSSR count). The quantitative estimate of drug-likeness (QED) is 0.764. The van der Waals surface area contributed by atoms with E-state index >= 15 is 0 Å². The number of piperidine rings is 1. The summed E-state index contributed by atoms with van der Waals surface area (Å²) in [6.45, 7) is 4.42. The molecule has 2 aromatic rings. The second-order valence-corrected chi connectivity index (χ2v) is 7.43. The molecule has 2 aromatic carbocycles. The van der Waals surface area contributed by atoms with Crippen LogP contribution < -0.4 is 5.32 Å². The molecule has 1 saturated heterocycles. The van der Waals surface area contributed by atoms with Crippen LogP contribution >= 0.6 is 0 Å². The highest BCUT2D eigenvalue weighted by Gasteiger charge is 2.22. The van der Waals surface area contributed by atoms with E-state index in [4.69, 9.17) is 0 Å². The van der Waals surface area contributed by atoms with Gasteiger partial charge in [-0.1, -0.05) is 43.3 Å². The summed E-state index contributed by atoms with van der Waals surface area (Å²) in [5, 5.41) is 12.5. The average Bonchev–Trinajstić information content (AvgIpc) is 2.69. The van der Waals surface area contributed by atoms with Gasteiger partial charge in [0.15, 0.2) is 0 Å². The fraction of sp³-hybridized carbons (Fsp3) is 0.391. The second-order valence-electron chi connectivity index (χ2n) is 7.43. The molecular formula is C23H28N2O3. The first-order chi connectivity index (χ1) is 13.6. The van der Waals surface area contributed by atoms with Crippen molar-refractivity contribution >= 4 is 11.9 Å². The molecule has 148 valence electrons. The SMILES string of the molecule is CCCC(=O)NC1CCCN(Cc2cc(C(=O)O)ccc2-c2ccccc2)C1. The zero-order chi connectivity index (χ0) is 19.9. The normalized spacial score (nSPS) is 17.2. The summed E-state index contributed by atoms with van der Waals surface area (Å²) in [6, 6.07) is 15.6. The van der Waals surface area contributed by atoms with E-state index in [-0.39, 0.29) is 11.9 Å². The third-order valence-electron chi connectivity index (χ3n) is 5.18. The summed E-state index contributed by atoms with van der Waals surface area (Å²) in [7, 11) is 0. The first kappa shape index (κ1) is 20.1. The Bertz CT molecular complexity index is 820. The van der Waals surface area contributed by atoms with Crippen LogP contribution in [-0.2, 0) is 11.3 Å². The minimum absolute atomic E-state index is 0.118. The van der Waals surface area contributed by atoms with Gasteiger partial charge in [-0.25, -0.2) is 4.79 Å². The lowest BCUT2D eigenvalue weighted by Crippen LogP contribution is -2.47. The lowest BCUT2D eigenvalue weighted by atomic mass is 9.96. The Kier molecular flexibility index (Phi) is 6.82. The van der Waals surface area contributed by atoms with Crippen LogP contribution in [0.3, 0.4) is 0 Å². The number of benzene rings is 2. The predicted octanol–water partition coefficient (Wildman–Crippen LogP) is 3.93. The number of rotatable bonds is 7.